The zero-order valence-electron chi connectivity index (χ0n) is 26.0. The molecule has 0 fully saturated rings. The minimum absolute atomic E-state index is 0.916. The van der Waals surface area contributed by atoms with E-state index in [1.54, 1.807) is 0 Å². The van der Waals surface area contributed by atoms with E-state index in [0.717, 1.165) is 78.2 Å². The van der Waals surface area contributed by atoms with Crippen molar-refractivity contribution in [3.8, 4) is 33.6 Å². The lowest BCUT2D eigenvalue weighted by Gasteiger charge is -2.26. The first kappa shape index (κ1) is 27.7. The molecule has 0 saturated carbocycles. The van der Waals surface area contributed by atoms with Crippen molar-refractivity contribution in [2.24, 2.45) is 0 Å². The molecule has 0 unspecified atom stereocenters. The molecule has 0 aliphatic rings. The van der Waals surface area contributed by atoms with E-state index in [1.165, 1.54) is 0 Å². The predicted molar refractivity (Wildman–Crippen MR) is 197 cm³/mol. The lowest BCUT2D eigenvalue weighted by atomic mass is 9.97. The zero-order valence-corrected chi connectivity index (χ0v) is 26.0. The fourth-order valence-corrected chi connectivity index (χ4v) is 6.69. The molecule has 0 radical (unpaired) electrons. The molecule has 0 bridgehead atoms. The zero-order chi connectivity index (χ0) is 31.9. The topological polar surface area (TPSA) is 46.3 Å². The normalized spacial score (nSPS) is 11.3. The van der Waals surface area contributed by atoms with Gasteiger partial charge in [-0.1, -0.05) is 91.0 Å². The number of rotatable bonds is 6. The highest BCUT2D eigenvalue weighted by Crippen LogP contribution is 2.40. The number of para-hydroxylation sites is 1. The number of aromatic nitrogens is 4. The second kappa shape index (κ2) is 11.6. The van der Waals surface area contributed by atoms with Crippen LogP contribution in [0, 0.1) is 0 Å². The Morgan fingerprint density at radius 3 is 2.00 bits per heavy atom. The summed E-state index contributed by atoms with van der Waals surface area (Å²) in [5.74, 6) is 0. The molecule has 48 heavy (non-hydrogen) atoms. The van der Waals surface area contributed by atoms with Crippen molar-refractivity contribution in [1.82, 2.24) is 19.4 Å². The number of hydrogen-bond donors (Lipinski definition) is 0. The third kappa shape index (κ3) is 4.77. The van der Waals surface area contributed by atoms with E-state index in [1.807, 2.05) is 36.7 Å². The molecule has 9 aromatic rings. The van der Waals surface area contributed by atoms with Gasteiger partial charge in [0.15, 0.2) is 0 Å². The first-order valence-electron chi connectivity index (χ1n) is 16.0. The third-order valence-corrected chi connectivity index (χ3v) is 8.87. The molecule has 0 aliphatic carbocycles. The molecule has 9 rings (SSSR count). The molecule has 4 heterocycles. The van der Waals surface area contributed by atoms with Crippen LogP contribution >= 0.6 is 0 Å². The highest BCUT2D eigenvalue weighted by Gasteiger charge is 2.19. The van der Waals surface area contributed by atoms with Gasteiger partial charge in [-0.25, -0.2) is 4.98 Å². The summed E-state index contributed by atoms with van der Waals surface area (Å²) in [5.41, 5.74) is 12.4. The average Bonchev–Trinajstić information content (AvgIpc) is 3.56. The molecule has 226 valence electrons. The Kier molecular flexibility index (Phi) is 6.72. The Bertz CT molecular complexity index is 2560. The smallest absolute Gasteiger partial charge is 0.137 e. The highest BCUT2D eigenvalue weighted by molar-refractivity contribution is 6.10. The Morgan fingerprint density at radius 1 is 0.479 bits per heavy atom. The molecule has 0 spiro atoms. The van der Waals surface area contributed by atoms with Crippen LogP contribution in [-0.4, -0.2) is 19.4 Å². The summed E-state index contributed by atoms with van der Waals surface area (Å²) in [7, 11) is 0. The summed E-state index contributed by atoms with van der Waals surface area (Å²) in [6.07, 6.45) is 5.76. The van der Waals surface area contributed by atoms with Gasteiger partial charge in [-0.05, 0) is 77.9 Å². The van der Waals surface area contributed by atoms with Crippen LogP contribution < -0.4 is 4.90 Å². The monoisotopic (exact) mass is 615 g/mol. The van der Waals surface area contributed by atoms with Gasteiger partial charge in [0.2, 0.25) is 0 Å². The van der Waals surface area contributed by atoms with Gasteiger partial charge in [0.25, 0.3) is 0 Å². The van der Waals surface area contributed by atoms with Gasteiger partial charge in [0.05, 0.1) is 22.4 Å². The molecule has 0 atom stereocenters. The molecule has 5 heteroatoms. The van der Waals surface area contributed by atoms with Gasteiger partial charge < -0.3 is 4.90 Å². The molecule has 0 saturated heterocycles. The number of imidazole rings is 1. The van der Waals surface area contributed by atoms with E-state index in [9.17, 15) is 0 Å². The number of benzene rings is 5. The van der Waals surface area contributed by atoms with Crippen molar-refractivity contribution < 1.29 is 0 Å². The summed E-state index contributed by atoms with van der Waals surface area (Å²) in [6, 6.07) is 55.1. The van der Waals surface area contributed by atoms with Crippen LogP contribution in [0.25, 0.3) is 61.1 Å². The van der Waals surface area contributed by atoms with Crippen molar-refractivity contribution in [2.45, 2.75) is 0 Å². The number of anilines is 3. The molecule has 0 N–H and O–H groups in total. The second-order valence-corrected chi connectivity index (χ2v) is 11.8. The largest absolute Gasteiger partial charge is 0.310 e. The second-order valence-electron chi connectivity index (χ2n) is 11.8. The number of nitrogens with zero attached hydrogens (tertiary/aromatic N) is 5. The molecular formula is C43H29N5. The van der Waals surface area contributed by atoms with Crippen LogP contribution in [0.3, 0.4) is 0 Å². The van der Waals surface area contributed by atoms with Gasteiger partial charge in [0.1, 0.15) is 5.65 Å². The van der Waals surface area contributed by atoms with Crippen molar-refractivity contribution in [1.29, 1.82) is 0 Å². The fourth-order valence-electron chi connectivity index (χ4n) is 6.69. The molecule has 4 aromatic heterocycles. The maximum atomic E-state index is 5.07. The molecular weight excluding hydrogens is 587 g/mol. The molecule has 5 nitrogen and oxygen atoms in total. The summed E-state index contributed by atoms with van der Waals surface area (Å²) in [6.45, 7) is 0. The van der Waals surface area contributed by atoms with Crippen LogP contribution in [0.4, 0.5) is 17.1 Å². The maximum Gasteiger partial charge on any atom is 0.137 e. The third-order valence-electron chi connectivity index (χ3n) is 8.87. The molecule has 0 amide bonds. The van der Waals surface area contributed by atoms with Gasteiger partial charge in [0, 0.05) is 57.6 Å². The Hall–Kier alpha value is -6.59. The minimum atomic E-state index is 0.916. The van der Waals surface area contributed by atoms with Crippen LogP contribution in [0.5, 0.6) is 0 Å². The summed E-state index contributed by atoms with van der Waals surface area (Å²) >= 11 is 0. The standard InChI is InChI=1S/C43H29N5/c1-3-12-31(13-4-1)41-43(47-27-8-7-20-39(47)46-41)33-14-9-18-36(28-33)48(34-16-5-2-6-17-34)35-23-21-30(22-24-35)38-29-32-15-10-25-44-40(32)42-37(38)19-11-26-45-42/h1-29H. The lowest BCUT2D eigenvalue weighted by Crippen LogP contribution is -2.10. The van der Waals surface area contributed by atoms with Crippen LogP contribution in [-0.2, 0) is 0 Å². The van der Waals surface area contributed by atoms with Crippen molar-refractivity contribution >= 4 is 44.5 Å². The summed E-state index contributed by atoms with van der Waals surface area (Å²) < 4.78 is 2.18. The molecule has 5 aromatic carbocycles. The Labute approximate surface area is 278 Å². The lowest BCUT2D eigenvalue weighted by molar-refractivity contribution is 1.19. The van der Waals surface area contributed by atoms with Crippen LogP contribution in [0.1, 0.15) is 0 Å². The summed E-state index contributed by atoms with van der Waals surface area (Å²) in [5, 5.41) is 2.17. The number of pyridine rings is 3. The number of fused-ring (bicyclic) bond motifs is 4. The fraction of sp³-hybridized carbons (Fsp3) is 0. The SMILES string of the molecule is c1ccc(-c2nc3ccccn3c2-c2cccc(N(c3ccccc3)c3ccc(-c4cc5cccnc5c5ncccc45)cc3)c2)cc1. The summed E-state index contributed by atoms with van der Waals surface area (Å²) in [4.78, 5) is 16.7. The quantitative estimate of drug-likeness (QED) is 0.175. The van der Waals surface area contributed by atoms with E-state index in [0.29, 0.717) is 0 Å². The Morgan fingerprint density at radius 2 is 1.17 bits per heavy atom. The maximum absolute atomic E-state index is 5.07. The van der Waals surface area contributed by atoms with Gasteiger partial charge in [-0.3, -0.25) is 14.4 Å². The van der Waals surface area contributed by atoms with Crippen LogP contribution in [0.2, 0.25) is 0 Å². The Balaban J connectivity index is 1.18. The first-order valence-corrected chi connectivity index (χ1v) is 16.0. The van der Waals surface area contributed by atoms with Gasteiger partial charge in [-0.15, -0.1) is 0 Å². The van der Waals surface area contributed by atoms with Gasteiger partial charge in [-0.2, -0.15) is 0 Å². The van der Waals surface area contributed by atoms with E-state index in [4.69, 9.17) is 9.97 Å². The van der Waals surface area contributed by atoms with Crippen molar-refractivity contribution in [3.05, 3.63) is 176 Å². The van der Waals surface area contributed by atoms with Crippen molar-refractivity contribution in [3.63, 3.8) is 0 Å². The molecule has 0 aliphatic heterocycles. The minimum Gasteiger partial charge on any atom is -0.310 e. The highest BCUT2D eigenvalue weighted by atomic mass is 15.1. The predicted octanol–water partition coefficient (Wildman–Crippen LogP) is 10.9. The van der Waals surface area contributed by atoms with Crippen LogP contribution in [0.15, 0.2) is 176 Å². The van der Waals surface area contributed by atoms with Crippen molar-refractivity contribution in [2.75, 3.05) is 4.90 Å². The first-order chi connectivity index (χ1) is 23.8. The number of hydrogen-bond acceptors (Lipinski definition) is 4. The van der Waals surface area contributed by atoms with E-state index < -0.39 is 0 Å². The average molecular weight is 616 g/mol. The van der Waals surface area contributed by atoms with Gasteiger partial charge >= 0.3 is 0 Å². The van der Waals surface area contributed by atoms with E-state index >= 15 is 0 Å². The van der Waals surface area contributed by atoms with E-state index in [2.05, 4.69) is 154 Å². The van der Waals surface area contributed by atoms with E-state index in [-0.39, 0.29) is 0 Å².